The van der Waals surface area contributed by atoms with Gasteiger partial charge in [0.25, 0.3) is 0 Å². The molecule has 0 saturated carbocycles. The molecular weight excluding hydrogens is 311 g/mol. The maximum atomic E-state index is 13.2. The summed E-state index contributed by atoms with van der Waals surface area (Å²) in [5, 5.41) is 3.07. The predicted molar refractivity (Wildman–Crippen MR) is 88.2 cm³/mol. The van der Waals surface area contributed by atoms with Gasteiger partial charge in [0.15, 0.2) is 0 Å². The molecule has 0 saturated heterocycles. The molecule has 2 rings (SSSR count). The normalized spacial score (nSPS) is 11.2. The SMILES string of the molecule is CCOC(=O)c1nc(NCc2cncc(F)c2)cc(C(C)(C)C)n1. The Labute approximate surface area is 140 Å². The average molecular weight is 332 g/mol. The van der Waals surface area contributed by atoms with Gasteiger partial charge in [0.2, 0.25) is 5.82 Å². The van der Waals surface area contributed by atoms with E-state index in [9.17, 15) is 9.18 Å². The monoisotopic (exact) mass is 332 g/mol. The van der Waals surface area contributed by atoms with E-state index >= 15 is 0 Å². The zero-order chi connectivity index (χ0) is 17.7. The first-order chi connectivity index (χ1) is 11.3. The molecule has 0 bridgehead atoms. The average Bonchev–Trinajstić information content (AvgIpc) is 2.52. The van der Waals surface area contributed by atoms with E-state index in [1.54, 1.807) is 19.2 Å². The second kappa shape index (κ2) is 7.33. The molecule has 0 aliphatic carbocycles. The first-order valence-electron chi connectivity index (χ1n) is 7.69. The van der Waals surface area contributed by atoms with Crippen molar-refractivity contribution in [2.24, 2.45) is 0 Å². The van der Waals surface area contributed by atoms with Gasteiger partial charge < -0.3 is 10.1 Å². The Bertz CT molecular complexity index is 729. The molecule has 2 aromatic rings. The van der Waals surface area contributed by atoms with Crippen LogP contribution in [-0.4, -0.2) is 27.5 Å². The lowest BCUT2D eigenvalue weighted by Gasteiger charge is -2.19. The van der Waals surface area contributed by atoms with Gasteiger partial charge in [0, 0.05) is 24.2 Å². The van der Waals surface area contributed by atoms with Gasteiger partial charge in [0.1, 0.15) is 11.6 Å². The van der Waals surface area contributed by atoms with E-state index in [2.05, 4.69) is 20.3 Å². The van der Waals surface area contributed by atoms with E-state index in [1.807, 2.05) is 20.8 Å². The number of carbonyl (C=O) groups excluding carboxylic acids is 1. The van der Waals surface area contributed by atoms with Gasteiger partial charge >= 0.3 is 5.97 Å². The molecule has 0 spiro atoms. The number of hydrogen-bond acceptors (Lipinski definition) is 6. The van der Waals surface area contributed by atoms with Gasteiger partial charge in [-0.3, -0.25) is 4.98 Å². The van der Waals surface area contributed by atoms with Crippen LogP contribution in [0.4, 0.5) is 10.2 Å². The van der Waals surface area contributed by atoms with Gasteiger partial charge in [-0.05, 0) is 18.6 Å². The molecular formula is C17H21FN4O2. The summed E-state index contributed by atoms with van der Waals surface area (Å²) in [6.07, 6.45) is 2.71. The number of nitrogens with zero attached hydrogens (tertiary/aromatic N) is 3. The van der Waals surface area contributed by atoms with E-state index in [4.69, 9.17) is 4.74 Å². The number of rotatable bonds is 5. The Kier molecular flexibility index (Phi) is 5.43. The molecule has 1 N–H and O–H groups in total. The molecule has 0 radical (unpaired) electrons. The number of halogens is 1. The molecule has 24 heavy (non-hydrogen) atoms. The van der Waals surface area contributed by atoms with Crippen molar-refractivity contribution >= 4 is 11.8 Å². The summed E-state index contributed by atoms with van der Waals surface area (Å²) < 4.78 is 18.2. The number of anilines is 1. The highest BCUT2D eigenvalue weighted by Gasteiger charge is 2.21. The zero-order valence-electron chi connectivity index (χ0n) is 14.3. The van der Waals surface area contributed by atoms with Crippen LogP contribution in [0.25, 0.3) is 0 Å². The zero-order valence-corrected chi connectivity index (χ0v) is 14.3. The van der Waals surface area contributed by atoms with E-state index in [1.165, 1.54) is 6.07 Å². The van der Waals surface area contributed by atoms with E-state index < -0.39 is 11.8 Å². The minimum absolute atomic E-state index is 0.00384. The highest BCUT2D eigenvalue weighted by atomic mass is 19.1. The van der Waals surface area contributed by atoms with E-state index in [0.29, 0.717) is 23.6 Å². The Hall–Kier alpha value is -2.57. The maximum Gasteiger partial charge on any atom is 0.376 e. The molecule has 2 heterocycles. The minimum atomic E-state index is -0.570. The number of carbonyl (C=O) groups is 1. The second-order valence-electron chi connectivity index (χ2n) is 6.30. The van der Waals surface area contributed by atoms with Crippen LogP contribution in [0.2, 0.25) is 0 Å². The molecule has 0 aromatic carbocycles. The second-order valence-corrected chi connectivity index (χ2v) is 6.30. The largest absolute Gasteiger partial charge is 0.460 e. The fraction of sp³-hybridized carbons (Fsp3) is 0.412. The molecule has 7 heteroatoms. The number of aromatic nitrogens is 3. The Morgan fingerprint density at radius 3 is 2.62 bits per heavy atom. The number of pyridine rings is 1. The van der Waals surface area contributed by atoms with Gasteiger partial charge in [-0.25, -0.2) is 19.2 Å². The van der Waals surface area contributed by atoms with Crippen LogP contribution in [0.5, 0.6) is 0 Å². The fourth-order valence-electron chi connectivity index (χ4n) is 1.95. The highest BCUT2D eigenvalue weighted by molar-refractivity contribution is 5.85. The van der Waals surface area contributed by atoms with Crippen molar-refractivity contribution in [2.75, 3.05) is 11.9 Å². The Morgan fingerprint density at radius 2 is 2.00 bits per heavy atom. The van der Waals surface area contributed by atoms with Crippen molar-refractivity contribution in [3.8, 4) is 0 Å². The van der Waals surface area contributed by atoms with Crippen LogP contribution in [0.15, 0.2) is 24.5 Å². The van der Waals surface area contributed by atoms with Crippen molar-refractivity contribution < 1.29 is 13.9 Å². The van der Waals surface area contributed by atoms with Crippen LogP contribution in [0.3, 0.4) is 0 Å². The summed E-state index contributed by atoms with van der Waals surface area (Å²) in [4.78, 5) is 24.2. The lowest BCUT2D eigenvalue weighted by molar-refractivity contribution is 0.0511. The lowest BCUT2D eigenvalue weighted by Crippen LogP contribution is -2.19. The van der Waals surface area contributed by atoms with Crippen molar-refractivity contribution in [1.82, 2.24) is 15.0 Å². The van der Waals surface area contributed by atoms with Gasteiger partial charge in [-0.2, -0.15) is 0 Å². The number of esters is 1. The van der Waals surface area contributed by atoms with E-state index in [-0.39, 0.29) is 17.8 Å². The molecule has 0 amide bonds. The molecule has 128 valence electrons. The maximum absolute atomic E-state index is 13.2. The Balaban J connectivity index is 2.27. The number of nitrogens with one attached hydrogen (secondary N) is 1. The highest BCUT2D eigenvalue weighted by Crippen LogP contribution is 2.22. The van der Waals surface area contributed by atoms with Gasteiger partial charge in [-0.15, -0.1) is 0 Å². The first kappa shape index (κ1) is 17.8. The summed E-state index contributed by atoms with van der Waals surface area (Å²) in [6.45, 7) is 8.27. The third kappa shape index (κ3) is 4.71. The van der Waals surface area contributed by atoms with Crippen LogP contribution in [-0.2, 0) is 16.7 Å². The van der Waals surface area contributed by atoms with Crippen LogP contribution in [0, 0.1) is 5.82 Å². The van der Waals surface area contributed by atoms with Gasteiger partial charge in [-0.1, -0.05) is 20.8 Å². The van der Waals surface area contributed by atoms with E-state index in [0.717, 1.165) is 6.20 Å². The fourth-order valence-corrected chi connectivity index (χ4v) is 1.95. The van der Waals surface area contributed by atoms with Crippen molar-refractivity contribution in [3.05, 3.63) is 47.4 Å². The third-order valence-corrected chi connectivity index (χ3v) is 3.19. The first-order valence-corrected chi connectivity index (χ1v) is 7.69. The summed E-state index contributed by atoms with van der Waals surface area (Å²) in [7, 11) is 0. The summed E-state index contributed by atoms with van der Waals surface area (Å²) >= 11 is 0. The third-order valence-electron chi connectivity index (χ3n) is 3.19. The number of hydrogen-bond donors (Lipinski definition) is 1. The smallest absolute Gasteiger partial charge is 0.376 e. The predicted octanol–water partition coefficient (Wildman–Crippen LogP) is 3.10. The summed E-state index contributed by atoms with van der Waals surface area (Å²) in [6, 6.07) is 3.16. The topological polar surface area (TPSA) is 77.0 Å². The molecule has 0 aliphatic heterocycles. The molecule has 0 aliphatic rings. The van der Waals surface area contributed by atoms with Crippen LogP contribution >= 0.6 is 0 Å². The minimum Gasteiger partial charge on any atom is -0.460 e. The molecule has 6 nitrogen and oxygen atoms in total. The van der Waals surface area contributed by atoms with Gasteiger partial charge in [0.05, 0.1) is 18.5 Å². The quantitative estimate of drug-likeness (QED) is 0.848. The van der Waals surface area contributed by atoms with Crippen LogP contribution in [0.1, 0.15) is 49.6 Å². The lowest BCUT2D eigenvalue weighted by atomic mass is 9.92. The molecule has 0 fully saturated rings. The molecule has 0 unspecified atom stereocenters. The van der Waals surface area contributed by atoms with Crippen LogP contribution < -0.4 is 5.32 Å². The molecule has 0 atom stereocenters. The Morgan fingerprint density at radius 1 is 1.25 bits per heavy atom. The number of ether oxygens (including phenoxy) is 1. The summed E-state index contributed by atoms with van der Waals surface area (Å²) in [5.41, 5.74) is 1.12. The van der Waals surface area contributed by atoms with Crippen molar-refractivity contribution in [3.63, 3.8) is 0 Å². The van der Waals surface area contributed by atoms with Crippen molar-refractivity contribution in [1.29, 1.82) is 0 Å². The molecule has 2 aromatic heterocycles. The summed E-state index contributed by atoms with van der Waals surface area (Å²) in [5.74, 6) is -0.495. The standard InChI is InChI=1S/C17H21FN4O2/c1-5-24-16(23)15-21-13(17(2,3)4)7-14(22-15)20-9-11-6-12(18)10-19-8-11/h6-8,10H,5,9H2,1-4H3,(H,20,21,22). The van der Waals surface area contributed by atoms with Crippen molar-refractivity contribution in [2.45, 2.75) is 39.7 Å².